The second kappa shape index (κ2) is 9.49. The Morgan fingerprint density at radius 2 is 2.12 bits per heavy atom. The van der Waals surface area contributed by atoms with E-state index < -0.39 is 15.9 Å². The lowest BCUT2D eigenvalue weighted by Gasteiger charge is -2.13. The van der Waals surface area contributed by atoms with Gasteiger partial charge in [0.2, 0.25) is 10.0 Å². The van der Waals surface area contributed by atoms with E-state index in [0.717, 1.165) is 0 Å². The highest BCUT2D eigenvalue weighted by atomic mass is 32.2. The van der Waals surface area contributed by atoms with Gasteiger partial charge in [0.05, 0.1) is 30.2 Å². The van der Waals surface area contributed by atoms with Crippen molar-refractivity contribution < 1.29 is 23.1 Å². The molecular formula is C22H26N6O5S. The molecule has 0 saturated carbocycles. The summed E-state index contributed by atoms with van der Waals surface area (Å²) in [7, 11) is -2.24. The minimum atomic E-state index is -3.67. The van der Waals surface area contributed by atoms with Gasteiger partial charge in [-0.2, -0.15) is 9.40 Å². The molecule has 11 nitrogen and oxygen atoms in total. The minimum absolute atomic E-state index is 0.0902. The van der Waals surface area contributed by atoms with Gasteiger partial charge in [0.1, 0.15) is 23.6 Å². The molecule has 0 aliphatic carbocycles. The van der Waals surface area contributed by atoms with E-state index in [4.69, 9.17) is 4.74 Å². The average molecular weight is 487 g/mol. The average Bonchev–Trinajstić information content (AvgIpc) is 3.41. The zero-order chi connectivity index (χ0) is 24.5. The van der Waals surface area contributed by atoms with Gasteiger partial charge < -0.3 is 15.2 Å². The van der Waals surface area contributed by atoms with E-state index in [1.54, 1.807) is 35.9 Å². The number of hydrogen-bond donors (Lipinski definition) is 2. The molecule has 2 N–H and O–H groups in total. The summed E-state index contributed by atoms with van der Waals surface area (Å²) in [6.45, 7) is 4.23. The van der Waals surface area contributed by atoms with Gasteiger partial charge in [-0.3, -0.25) is 4.79 Å². The van der Waals surface area contributed by atoms with Crippen molar-refractivity contribution in [3.63, 3.8) is 0 Å². The van der Waals surface area contributed by atoms with Crippen LogP contribution in [0.3, 0.4) is 0 Å². The summed E-state index contributed by atoms with van der Waals surface area (Å²) in [4.78, 5) is 21.9. The van der Waals surface area contributed by atoms with Gasteiger partial charge in [-0.15, -0.1) is 0 Å². The fourth-order valence-corrected chi connectivity index (χ4v) is 5.55. The molecule has 0 fully saturated rings. The van der Waals surface area contributed by atoms with Gasteiger partial charge in [-0.25, -0.2) is 23.1 Å². The predicted octanol–water partition coefficient (Wildman–Crippen LogP) is 2.07. The molecule has 34 heavy (non-hydrogen) atoms. The Kier molecular flexibility index (Phi) is 6.64. The topological polar surface area (TPSA) is 140 Å². The zero-order valence-electron chi connectivity index (χ0n) is 19.1. The standard InChI is InChI=1S/C22H26N6O5S/c1-4-8-27-11-15-9-18(33-3)16(10-19(15)34(27,31)32)22(30)26-20-7-5-6-17(25-20)21-23-13-24-28(21)14(2)12-29/h5-7,9-10,13-14,29H,4,8,11-12H2,1-3H3,(H,25,26,30)/t14-/m1/s1. The molecule has 1 amide bonds. The predicted molar refractivity (Wildman–Crippen MR) is 124 cm³/mol. The fraction of sp³-hybridized carbons (Fsp3) is 0.364. The van der Waals surface area contributed by atoms with Crippen LogP contribution in [0.4, 0.5) is 5.82 Å². The number of pyridine rings is 1. The third-order valence-electron chi connectivity index (χ3n) is 5.54. The number of amides is 1. The number of ether oxygens (including phenoxy) is 1. The molecule has 1 aromatic carbocycles. The van der Waals surface area contributed by atoms with Crippen molar-refractivity contribution in [1.82, 2.24) is 24.1 Å². The molecule has 1 aliphatic heterocycles. The first-order valence-corrected chi connectivity index (χ1v) is 12.2. The maximum atomic E-state index is 13.1. The van der Waals surface area contributed by atoms with Gasteiger partial charge in [0, 0.05) is 13.1 Å². The third kappa shape index (κ3) is 4.27. The minimum Gasteiger partial charge on any atom is -0.496 e. The summed E-state index contributed by atoms with van der Waals surface area (Å²) >= 11 is 0. The van der Waals surface area contributed by atoms with Gasteiger partial charge in [-0.1, -0.05) is 13.0 Å². The number of aromatic nitrogens is 4. The number of anilines is 1. The first kappa shape index (κ1) is 23.8. The second-order valence-corrected chi connectivity index (χ2v) is 9.83. The lowest BCUT2D eigenvalue weighted by atomic mass is 10.1. The summed E-state index contributed by atoms with van der Waals surface area (Å²) in [5.74, 6) is 0.401. The van der Waals surface area contributed by atoms with Crippen LogP contribution in [0.5, 0.6) is 5.75 Å². The van der Waals surface area contributed by atoms with Crippen molar-refractivity contribution in [3.8, 4) is 17.3 Å². The lowest BCUT2D eigenvalue weighted by Crippen LogP contribution is -2.25. The summed E-state index contributed by atoms with van der Waals surface area (Å²) in [6.07, 6.45) is 2.05. The first-order chi connectivity index (χ1) is 16.3. The SMILES string of the molecule is CCCN1Cc2cc(OC)c(C(=O)Nc3cccc(-c4ncnn4[C@H](C)CO)n3)cc2S1(=O)=O. The molecule has 1 aliphatic rings. The first-order valence-electron chi connectivity index (χ1n) is 10.8. The molecule has 0 saturated heterocycles. The van der Waals surface area contributed by atoms with Crippen LogP contribution in [0, 0.1) is 0 Å². The number of carbonyl (C=O) groups is 1. The number of sulfonamides is 1. The number of carbonyl (C=O) groups excluding carboxylic acids is 1. The Morgan fingerprint density at radius 3 is 2.82 bits per heavy atom. The molecule has 3 aromatic rings. The van der Waals surface area contributed by atoms with Crippen LogP contribution >= 0.6 is 0 Å². The maximum absolute atomic E-state index is 13.1. The Labute approximate surface area is 197 Å². The molecule has 0 spiro atoms. The number of methoxy groups -OCH3 is 1. The lowest BCUT2D eigenvalue weighted by molar-refractivity contribution is 0.102. The fourth-order valence-electron chi connectivity index (χ4n) is 3.82. The number of benzene rings is 1. The number of aliphatic hydroxyl groups is 1. The van der Waals surface area contributed by atoms with E-state index in [2.05, 4.69) is 20.4 Å². The Morgan fingerprint density at radius 1 is 1.32 bits per heavy atom. The van der Waals surface area contributed by atoms with Gasteiger partial charge in [-0.05, 0) is 43.2 Å². The van der Waals surface area contributed by atoms with Crippen molar-refractivity contribution in [1.29, 1.82) is 0 Å². The molecule has 2 aromatic heterocycles. The largest absolute Gasteiger partial charge is 0.496 e. The van der Waals surface area contributed by atoms with Crippen LogP contribution in [0.25, 0.3) is 11.5 Å². The molecular weight excluding hydrogens is 460 g/mol. The van der Waals surface area contributed by atoms with Gasteiger partial charge in [0.15, 0.2) is 5.82 Å². The van der Waals surface area contributed by atoms with Crippen molar-refractivity contribution in [2.24, 2.45) is 0 Å². The van der Waals surface area contributed by atoms with E-state index in [9.17, 15) is 18.3 Å². The van der Waals surface area contributed by atoms with Crippen molar-refractivity contribution in [3.05, 3.63) is 47.8 Å². The highest BCUT2D eigenvalue weighted by molar-refractivity contribution is 7.89. The molecule has 0 bridgehead atoms. The van der Waals surface area contributed by atoms with Crippen LogP contribution in [-0.4, -0.2) is 63.7 Å². The smallest absolute Gasteiger partial charge is 0.260 e. The summed E-state index contributed by atoms with van der Waals surface area (Å²) < 4.78 is 34.1. The second-order valence-electron chi connectivity index (χ2n) is 7.92. The van der Waals surface area contributed by atoms with E-state index in [1.165, 1.54) is 23.8 Å². The van der Waals surface area contributed by atoms with E-state index in [1.807, 2.05) is 6.92 Å². The maximum Gasteiger partial charge on any atom is 0.260 e. The van der Waals surface area contributed by atoms with E-state index >= 15 is 0 Å². The molecule has 4 rings (SSSR count). The van der Waals surface area contributed by atoms with E-state index in [-0.39, 0.29) is 41.2 Å². The highest BCUT2D eigenvalue weighted by Gasteiger charge is 2.36. The Bertz CT molecular complexity index is 1320. The molecule has 12 heteroatoms. The zero-order valence-corrected chi connectivity index (χ0v) is 19.9. The van der Waals surface area contributed by atoms with Crippen LogP contribution in [0.15, 0.2) is 41.6 Å². The van der Waals surface area contributed by atoms with Gasteiger partial charge in [0.25, 0.3) is 5.91 Å². The quantitative estimate of drug-likeness (QED) is 0.493. The molecule has 0 unspecified atom stereocenters. The van der Waals surface area contributed by atoms with Crippen LogP contribution in [0.1, 0.15) is 42.2 Å². The summed E-state index contributed by atoms with van der Waals surface area (Å²) in [6, 6.07) is 7.68. The molecule has 1 atom stereocenters. The highest BCUT2D eigenvalue weighted by Crippen LogP contribution is 2.35. The number of hydrogen-bond acceptors (Lipinski definition) is 8. The Hall–Kier alpha value is -3.35. The van der Waals surface area contributed by atoms with Crippen molar-refractivity contribution in [2.45, 2.75) is 37.8 Å². The van der Waals surface area contributed by atoms with Crippen molar-refractivity contribution >= 4 is 21.7 Å². The third-order valence-corrected chi connectivity index (χ3v) is 7.47. The van der Waals surface area contributed by atoms with Crippen LogP contribution in [-0.2, 0) is 16.6 Å². The van der Waals surface area contributed by atoms with Crippen molar-refractivity contribution in [2.75, 3.05) is 25.6 Å². The molecule has 180 valence electrons. The summed E-state index contributed by atoms with van der Waals surface area (Å²) in [5.41, 5.74) is 1.14. The van der Waals surface area contributed by atoms with Crippen LogP contribution < -0.4 is 10.1 Å². The van der Waals surface area contributed by atoms with Crippen LogP contribution in [0.2, 0.25) is 0 Å². The molecule has 3 heterocycles. The normalized spacial score (nSPS) is 15.6. The summed E-state index contributed by atoms with van der Waals surface area (Å²) in [5, 5.41) is 16.3. The monoisotopic (exact) mass is 486 g/mol. The van der Waals surface area contributed by atoms with E-state index in [0.29, 0.717) is 30.0 Å². The number of rotatable bonds is 8. The Balaban J connectivity index is 1.64. The van der Waals surface area contributed by atoms with Gasteiger partial charge >= 0.3 is 0 Å². The number of nitrogens with one attached hydrogen (secondary N) is 1. The number of aliphatic hydroxyl groups excluding tert-OH is 1. The molecule has 0 radical (unpaired) electrons. The number of nitrogens with zero attached hydrogens (tertiary/aromatic N) is 5. The number of fused-ring (bicyclic) bond motifs is 1.